The maximum atomic E-state index is 12.5. The summed E-state index contributed by atoms with van der Waals surface area (Å²) in [5, 5.41) is 2.24. The summed E-state index contributed by atoms with van der Waals surface area (Å²) < 4.78 is 33.3. The quantitative estimate of drug-likeness (QED) is 0.548. The number of piperazine rings is 1. The summed E-state index contributed by atoms with van der Waals surface area (Å²) in [6.07, 6.45) is 0.314. The van der Waals surface area contributed by atoms with Crippen molar-refractivity contribution in [3.05, 3.63) is 72.3 Å². The summed E-state index contributed by atoms with van der Waals surface area (Å²) >= 11 is 0. The van der Waals surface area contributed by atoms with E-state index < -0.39 is 15.6 Å². The Balaban J connectivity index is 1.44. The van der Waals surface area contributed by atoms with E-state index in [1.165, 1.54) is 0 Å². The van der Waals surface area contributed by atoms with Crippen LogP contribution in [-0.2, 0) is 21.2 Å². The van der Waals surface area contributed by atoms with Crippen molar-refractivity contribution < 1.29 is 17.9 Å². The van der Waals surface area contributed by atoms with Crippen LogP contribution in [0.1, 0.15) is 26.3 Å². The minimum absolute atomic E-state index is 0.268. The lowest BCUT2D eigenvalue weighted by Gasteiger charge is -2.37. The number of sulfonamides is 1. The molecule has 1 aliphatic heterocycles. The summed E-state index contributed by atoms with van der Waals surface area (Å²) in [6.45, 7) is 8.59. The minimum Gasteiger partial charge on any atom is -0.444 e. The molecule has 0 atom stereocenters. The fraction of sp³-hybridized carbons (Fsp3) is 0.370. The second kappa shape index (κ2) is 10.3. The third-order valence-corrected chi connectivity index (χ3v) is 7.48. The summed E-state index contributed by atoms with van der Waals surface area (Å²) in [6, 6.07) is 20.8. The number of carbonyl (C=O) groups is 1. The predicted octanol–water partition coefficient (Wildman–Crippen LogP) is 4.42. The maximum Gasteiger partial charge on any atom is 0.410 e. The average Bonchev–Trinajstić information content (AvgIpc) is 2.84. The number of ether oxygens (including phenoxy) is 1. The van der Waals surface area contributed by atoms with E-state index in [0.717, 1.165) is 35.1 Å². The standard InChI is InChI=1S/C27H33N3O4S/c1-27(2,3)34-26(31)30-19-17-29(18-20-30)25-14-13-21(23-11-7-8-12-24(23)25)15-16-28-35(32,33)22-9-5-4-6-10-22/h4-14,28H,15-20H2,1-3H3. The normalized spacial score (nSPS) is 14.8. The molecule has 0 aromatic heterocycles. The summed E-state index contributed by atoms with van der Waals surface area (Å²) in [4.78, 5) is 16.7. The third-order valence-electron chi connectivity index (χ3n) is 6.00. The molecule has 1 fully saturated rings. The van der Waals surface area contributed by atoms with Crippen LogP contribution in [0, 0.1) is 0 Å². The molecule has 0 spiro atoms. The number of fused-ring (bicyclic) bond motifs is 1. The molecule has 1 aliphatic rings. The van der Waals surface area contributed by atoms with Crippen LogP contribution in [0.4, 0.5) is 10.5 Å². The monoisotopic (exact) mass is 495 g/mol. The van der Waals surface area contributed by atoms with Gasteiger partial charge in [-0.2, -0.15) is 0 Å². The smallest absolute Gasteiger partial charge is 0.410 e. The van der Waals surface area contributed by atoms with Crippen molar-refractivity contribution in [1.29, 1.82) is 0 Å². The number of nitrogens with zero attached hydrogens (tertiary/aromatic N) is 2. The van der Waals surface area contributed by atoms with Crippen molar-refractivity contribution >= 4 is 32.6 Å². The number of nitrogens with one attached hydrogen (secondary N) is 1. The number of anilines is 1. The lowest BCUT2D eigenvalue weighted by molar-refractivity contribution is 0.0240. The molecular formula is C27H33N3O4S. The molecule has 0 saturated carbocycles. The summed E-state index contributed by atoms with van der Waals surface area (Å²) in [7, 11) is -3.53. The first-order valence-corrected chi connectivity index (χ1v) is 13.4. The topological polar surface area (TPSA) is 79.0 Å². The van der Waals surface area contributed by atoms with Gasteiger partial charge in [-0.05, 0) is 56.3 Å². The molecule has 1 amide bonds. The van der Waals surface area contributed by atoms with E-state index >= 15 is 0 Å². The molecule has 3 aromatic rings. The van der Waals surface area contributed by atoms with Crippen LogP contribution in [0.3, 0.4) is 0 Å². The largest absolute Gasteiger partial charge is 0.444 e. The Morgan fingerprint density at radius 2 is 1.51 bits per heavy atom. The Morgan fingerprint density at radius 1 is 0.886 bits per heavy atom. The average molecular weight is 496 g/mol. The highest BCUT2D eigenvalue weighted by Crippen LogP contribution is 2.31. The number of rotatable bonds is 6. The van der Waals surface area contributed by atoms with Crippen LogP contribution in [0.25, 0.3) is 10.8 Å². The van der Waals surface area contributed by atoms with Crippen LogP contribution < -0.4 is 9.62 Å². The SMILES string of the molecule is CC(C)(C)OC(=O)N1CCN(c2ccc(CCNS(=O)(=O)c3ccccc3)c3ccccc23)CC1. The first-order chi connectivity index (χ1) is 16.6. The van der Waals surface area contributed by atoms with E-state index in [9.17, 15) is 13.2 Å². The number of hydrogen-bond acceptors (Lipinski definition) is 5. The van der Waals surface area contributed by atoms with Gasteiger partial charge in [0.1, 0.15) is 5.60 Å². The van der Waals surface area contributed by atoms with Crippen molar-refractivity contribution in [2.75, 3.05) is 37.6 Å². The molecule has 1 saturated heterocycles. The van der Waals surface area contributed by atoms with Gasteiger partial charge in [-0.15, -0.1) is 0 Å². The van der Waals surface area contributed by atoms with Gasteiger partial charge in [0.2, 0.25) is 10.0 Å². The number of amides is 1. The van der Waals surface area contributed by atoms with Crippen LogP contribution >= 0.6 is 0 Å². The van der Waals surface area contributed by atoms with Gasteiger partial charge in [-0.1, -0.05) is 48.5 Å². The molecule has 0 radical (unpaired) electrons. The van der Waals surface area contributed by atoms with Gasteiger partial charge in [0.05, 0.1) is 4.90 Å². The van der Waals surface area contributed by atoms with Gasteiger partial charge < -0.3 is 14.5 Å². The Kier molecular flexibility index (Phi) is 7.33. The van der Waals surface area contributed by atoms with Crippen LogP contribution in [-0.4, -0.2) is 57.7 Å². The fourth-order valence-electron chi connectivity index (χ4n) is 4.30. The highest BCUT2D eigenvalue weighted by molar-refractivity contribution is 7.89. The molecule has 35 heavy (non-hydrogen) atoms. The molecule has 7 nitrogen and oxygen atoms in total. The van der Waals surface area contributed by atoms with Crippen molar-refractivity contribution in [2.45, 2.75) is 37.7 Å². The van der Waals surface area contributed by atoms with E-state index in [-0.39, 0.29) is 11.0 Å². The van der Waals surface area contributed by atoms with Crippen LogP contribution in [0.15, 0.2) is 71.6 Å². The lowest BCUT2D eigenvalue weighted by Crippen LogP contribution is -2.50. The molecule has 1 heterocycles. The van der Waals surface area contributed by atoms with Gasteiger partial charge >= 0.3 is 6.09 Å². The van der Waals surface area contributed by atoms with Crippen molar-refractivity contribution in [2.24, 2.45) is 0 Å². The summed E-state index contributed by atoms with van der Waals surface area (Å²) in [5.74, 6) is 0. The zero-order chi connectivity index (χ0) is 25.1. The Bertz CT molecular complexity index is 1280. The van der Waals surface area contributed by atoms with Gasteiger partial charge in [-0.25, -0.2) is 17.9 Å². The molecular weight excluding hydrogens is 462 g/mol. The van der Waals surface area contributed by atoms with Crippen LogP contribution in [0.5, 0.6) is 0 Å². The van der Waals surface area contributed by atoms with E-state index in [2.05, 4.69) is 33.9 Å². The first kappa shape index (κ1) is 25.0. The maximum absolute atomic E-state index is 12.5. The highest BCUT2D eigenvalue weighted by atomic mass is 32.2. The van der Waals surface area contributed by atoms with E-state index in [4.69, 9.17) is 4.74 Å². The Hall–Kier alpha value is -3.10. The molecule has 186 valence electrons. The number of hydrogen-bond donors (Lipinski definition) is 1. The van der Waals surface area contributed by atoms with Crippen molar-refractivity contribution in [3.63, 3.8) is 0 Å². The van der Waals surface area contributed by atoms with Gasteiger partial charge in [0.25, 0.3) is 0 Å². The van der Waals surface area contributed by atoms with Gasteiger partial charge in [0.15, 0.2) is 0 Å². The molecule has 0 unspecified atom stereocenters. The minimum atomic E-state index is -3.53. The Morgan fingerprint density at radius 3 is 2.17 bits per heavy atom. The second-order valence-corrected chi connectivity index (χ2v) is 11.5. The van der Waals surface area contributed by atoms with Gasteiger partial charge in [-0.3, -0.25) is 0 Å². The number of carbonyl (C=O) groups excluding carboxylic acids is 1. The van der Waals surface area contributed by atoms with Crippen LogP contribution in [0.2, 0.25) is 0 Å². The molecule has 3 aromatic carbocycles. The van der Waals surface area contributed by atoms with Gasteiger partial charge in [0, 0.05) is 43.8 Å². The van der Waals surface area contributed by atoms with E-state index in [1.54, 1.807) is 35.2 Å². The molecule has 1 N–H and O–H groups in total. The molecule has 0 aliphatic carbocycles. The predicted molar refractivity (Wildman–Crippen MR) is 139 cm³/mol. The molecule has 4 rings (SSSR count). The second-order valence-electron chi connectivity index (χ2n) is 9.70. The van der Waals surface area contributed by atoms with Crippen molar-refractivity contribution in [3.8, 4) is 0 Å². The first-order valence-electron chi connectivity index (χ1n) is 11.9. The zero-order valence-electron chi connectivity index (χ0n) is 20.5. The molecule has 0 bridgehead atoms. The fourth-order valence-corrected chi connectivity index (χ4v) is 5.35. The lowest BCUT2D eigenvalue weighted by atomic mass is 10.00. The zero-order valence-corrected chi connectivity index (χ0v) is 21.3. The van der Waals surface area contributed by atoms with E-state index in [0.29, 0.717) is 26.1 Å². The summed E-state index contributed by atoms with van der Waals surface area (Å²) in [5.41, 5.74) is 1.71. The third kappa shape index (κ3) is 6.13. The number of benzene rings is 3. The van der Waals surface area contributed by atoms with E-state index in [1.807, 2.05) is 32.9 Å². The van der Waals surface area contributed by atoms with Crippen molar-refractivity contribution in [1.82, 2.24) is 9.62 Å². The Labute approximate surface area is 207 Å². The highest BCUT2D eigenvalue weighted by Gasteiger charge is 2.26. The molecule has 8 heteroatoms.